The Morgan fingerprint density at radius 2 is 1.39 bits per heavy atom. The Hall–Kier alpha value is -1.96. The Labute approximate surface area is 137 Å². The Kier molecular flexibility index (Phi) is 6.09. The van der Waals surface area contributed by atoms with Gasteiger partial charge in [0.1, 0.15) is 0 Å². The van der Waals surface area contributed by atoms with E-state index in [9.17, 15) is 8.78 Å². The summed E-state index contributed by atoms with van der Waals surface area (Å²) in [5.41, 5.74) is 3.67. The molecule has 2 rings (SSSR count). The summed E-state index contributed by atoms with van der Waals surface area (Å²) in [5.74, 6) is 0.187. The second-order valence-electron chi connectivity index (χ2n) is 6.40. The molecule has 0 N–H and O–H groups in total. The first-order valence-electron chi connectivity index (χ1n) is 8.12. The molecule has 0 amide bonds. The van der Waals surface area contributed by atoms with Crippen molar-refractivity contribution in [3.05, 3.63) is 82.9 Å². The maximum atomic E-state index is 13.4. The minimum atomic E-state index is -1.52. The van der Waals surface area contributed by atoms with Crippen LogP contribution in [0.3, 0.4) is 0 Å². The van der Waals surface area contributed by atoms with E-state index >= 15 is 0 Å². The van der Waals surface area contributed by atoms with Crippen LogP contribution in [0.25, 0.3) is 0 Å². The van der Waals surface area contributed by atoms with Gasteiger partial charge in [-0.1, -0.05) is 74.0 Å². The fourth-order valence-electron chi connectivity index (χ4n) is 2.97. The molecule has 0 saturated heterocycles. The Balaban J connectivity index is 2.09. The third-order valence-electron chi connectivity index (χ3n) is 4.35. The zero-order chi connectivity index (χ0) is 16.8. The highest BCUT2D eigenvalue weighted by Gasteiger charge is 2.17. The molecule has 0 saturated carbocycles. The second kappa shape index (κ2) is 8.05. The lowest BCUT2D eigenvalue weighted by Gasteiger charge is -2.18. The molecule has 2 unspecified atom stereocenters. The lowest BCUT2D eigenvalue weighted by Crippen LogP contribution is -2.02. The molecule has 0 bridgehead atoms. The predicted molar refractivity (Wildman–Crippen MR) is 92.9 cm³/mol. The monoisotopic (exact) mass is 314 g/mol. The molecule has 0 aliphatic carbocycles. The number of hydrogen-bond acceptors (Lipinski definition) is 0. The highest BCUT2D eigenvalue weighted by molar-refractivity contribution is 5.27. The van der Waals surface area contributed by atoms with Crippen molar-refractivity contribution in [1.82, 2.24) is 0 Å². The zero-order valence-electron chi connectivity index (χ0n) is 14.0. The van der Waals surface area contributed by atoms with Crippen LogP contribution < -0.4 is 0 Å². The van der Waals surface area contributed by atoms with Gasteiger partial charge in [0.05, 0.1) is 0 Å². The van der Waals surface area contributed by atoms with Gasteiger partial charge < -0.3 is 0 Å². The fourth-order valence-corrected chi connectivity index (χ4v) is 2.97. The number of hydrogen-bond donors (Lipinski definition) is 0. The van der Waals surface area contributed by atoms with Gasteiger partial charge in [0, 0.05) is 0 Å². The summed E-state index contributed by atoms with van der Waals surface area (Å²) >= 11 is 0. The number of rotatable bonds is 6. The van der Waals surface area contributed by atoms with E-state index < -0.39 is 6.08 Å². The molecule has 2 heteroatoms. The van der Waals surface area contributed by atoms with E-state index in [0.717, 1.165) is 11.1 Å². The minimum Gasteiger partial charge on any atom is -0.173 e. The third kappa shape index (κ3) is 5.02. The van der Waals surface area contributed by atoms with Crippen molar-refractivity contribution < 1.29 is 8.78 Å². The van der Waals surface area contributed by atoms with Crippen molar-refractivity contribution in [1.29, 1.82) is 0 Å². The topological polar surface area (TPSA) is 0 Å². The van der Waals surface area contributed by atoms with Gasteiger partial charge in [0.2, 0.25) is 0 Å². The van der Waals surface area contributed by atoms with E-state index in [4.69, 9.17) is 0 Å². The van der Waals surface area contributed by atoms with Crippen molar-refractivity contribution in [2.45, 2.75) is 45.4 Å². The van der Waals surface area contributed by atoms with Crippen LogP contribution in [0.4, 0.5) is 8.78 Å². The molecule has 0 heterocycles. The lowest BCUT2D eigenvalue weighted by atomic mass is 9.87. The quantitative estimate of drug-likeness (QED) is 0.548. The summed E-state index contributed by atoms with van der Waals surface area (Å²) in [6.45, 7) is 6.06. The predicted octanol–water partition coefficient (Wildman–Crippen LogP) is 6.83. The van der Waals surface area contributed by atoms with Crippen molar-refractivity contribution >= 4 is 0 Å². The van der Waals surface area contributed by atoms with Crippen LogP contribution in [0.2, 0.25) is 0 Å². The maximum Gasteiger partial charge on any atom is 0.269 e. The average Bonchev–Trinajstić information content (AvgIpc) is 2.54. The first-order valence-corrected chi connectivity index (χ1v) is 8.12. The first kappa shape index (κ1) is 17.4. The first-order chi connectivity index (χ1) is 11.0. The minimum absolute atomic E-state index is 0.0920. The Morgan fingerprint density at radius 1 is 0.826 bits per heavy atom. The van der Waals surface area contributed by atoms with Crippen LogP contribution in [-0.2, 0) is 0 Å². The zero-order valence-corrected chi connectivity index (χ0v) is 14.0. The standard InChI is InChI=1S/C21H24F2/c1-15-8-7-11-19(12-15)17(3)14-20(21(22)23)13-16(2)18-9-5-4-6-10-18/h4-12,16-17H,13-14H2,1-3H3. The van der Waals surface area contributed by atoms with Crippen LogP contribution >= 0.6 is 0 Å². The lowest BCUT2D eigenvalue weighted by molar-refractivity contribution is 0.398. The number of halogens is 2. The summed E-state index contributed by atoms with van der Waals surface area (Å²) in [4.78, 5) is 0. The average molecular weight is 314 g/mol. The van der Waals surface area contributed by atoms with Crippen molar-refractivity contribution in [3.8, 4) is 0 Å². The van der Waals surface area contributed by atoms with Gasteiger partial charge >= 0.3 is 0 Å². The van der Waals surface area contributed by atoms with Gasteiger partial charge in [0.25, 0.3) is 6.08 Å². The molecule has 2 aromatic carbocycles. The molecule has 2 aromatic rings. The van der Waals surface area contributed by atoms with E-state index in [1.54, 1.807) is 0 Å². The van der Waals surface area contributed by atoms with E-state index in [0.29, 0.717) is 12.8 Å². The van der Waals surface area contributed by atoms with Crippen LogP contribution in [0.5, 0.6) is 0 Å². The normalized spacial score (nSPS) is 13.4. The van der Waals surface area contributed by atoms with E-state index in [1.165, 1.54) is 5.56 Å². The number of benzene rings is 2. The molecule has 122 valence electrons. The van der Waals surface area contributed by atoms with Gasteiger partial charge in [-0.05, 0) is 48.3 Å². The van der Waals surface area contributed by atoms with Crippen LogP contribution in [-0.4, -0.2) is 0 Å². The summed E-state index contributed by atoms with van der Waals surface area (Å²) in [7, 11) is 0. The van der Waals surface area contributed by atoms with Gasteiger partial charge in [0.15, 0.2) is 0 Å². The molecule has 0 fully saturated rings. The van der Waals surface area contributed by atoms with Crippen LogP contribution in [0, 0.1) is 6.92 Å². The molecular weight excluding hydrogens is 290 g/mol. The van der Waals surface area contributed by atoms with E-state index in [-0.39, 0.29) is 17.4 Å². The summed E-state index contributed by atoms with van der Waals surface area (Å²) in [6.07, 6.45) is -0.710. The molecule has 0 spiro atoms. The van der Waals surface area contributed by atoms with Crippen molar-refractivity contribution in [2.24, 2.45) is 0 Å². The smallest absolute Gasteiger partial charge is 0.173 e. The Bertz CT molecular complexity index is 655. The van der Waals surface area contributed by atoms with Gasteiger partial charge in [-0.25, -0.2) is 0 Å². The van der Waals surface area contributed by atoms with Crippen molar-refractivity contribution in [2.75, 3.05) is 0 Å². The molecule has 0 nitrogen and oxygen atoms in total. The third-order valence-corrected chi connectivity index (χ3v) is 4.35. The number of aryl methyl sites for hydroxylation is 1. The van der Waals surface area contributed by atoms with Crippen molar-refractivity contribution in [3.63, 3.8) is 0 Å². The van der Waals surface area contributed by atoms with Crippen LogP contribution in [0.15, 0.2) is 66.3 Å². The Morgan fingerprint density at radius 3 is 1.96 bits per heavy atom. The molecule has 0 radical (unpaired) electrons. The largest absolute Gasteiger partial charge is 0.269 e. The molecule has 2 atom stereocenters. The molecule has 0 aliphatic rings. The highest BCUT2D eigenvalue weighted by atomic mass is 19.3. The fraction of sp³-hybridized carbons (Fsp3) is 0.333. The van der Waals surface area contributed by atoms with E-state index in [2.05, 4.69) is 6.07 Å². The van der Waals surface area contributed by atoms with Gasteiger partial charge in [-0.2, -0.15) is 8.78 Å². The highest BCUT2D eigenvalue weighted by Crippen LogP contribution is 2.33. The SMILES string of the molecule is Cc1cccc(C(C)CC(CC(C)c2ccccc2)=C(F)F)c1. The molecular formula is C21H24F2. The maximum absolute atomic E-state index is 13.4. The van der Waals surface area contributed by atoms with E-state index in [1.807, 2.05) is 69.3 Å². The molecule has 0 aliphatic heterocycles. The number of allylic oxidation sites excluding steroid dienone is 1. The molecule has 23 heavy (non-hydrogen) atoms. The van der Waals surface area contributed by atoms with Gasteiger partial charge in [-0.3, -0.25) is 0 Å². The van der Waals surface area contributed by atoms with Gasteiger partial charge in [-0.15, -0.1) is 0 Å². The second-order valence-corrected chi connectivity index (χ2v) is 6.40. The molecule has 0 aromatic heterocycles. The van der Waals surface area contributed by atoms with Crippen LogP contribution in [0.1, 0.15) is 55.2 Å². The summed E-state index contributed by atoms with van der Waals surface area (Å²) < 4.78 is 26.8. The summed E-state index contributed by atoms with van der Waals surface area (Å²) in [6, 6.07) is 18.0. The summed E-state index contributed by atoms with van der Waals surface area (Å²) in [5, 5.41) is 0.